The highest BCUT2D eigenvalue weighted by Crippen LogP contribution is 2.29. The number of anilines is 1. The van der Waals surface area contributed by atoms with Crippen molar-refractivity contribution in [2.24, 2.45) is 0 Å². The second-order valence-corrected chi connectivity index (χ2v) is 5.52. The van der Waals surface area contributed by atoms with E-state index in [1.54, 1.807) is 0 Å². The summed E-state index contributed by atoms with van der Waals surface area (Å²) in [5, 5.41) is 9.22. The zero-order chi connectivity index (χ0) is 14.8. The van der Waals surface area contributed by atoms with E-state index in [0.29, 0.717) is 6.42 Å². The van der Waals surface area contributed by atoms with Gasteiger partial charge in [0.05, 0.1) is 5.92 Å². The molecule has 3 rings (SSSR count). The van der Waals surface area contributed by atoms with Crippen molar-refractivity contribution in [1.29, 1.82) is 0 Å². The molecule has 1 heterocycles. The average Bonchev–Trinajstić information content (AvgIpc) is 2.92. The van der Waals surface area contributed by atoms with Crippen molar-refractivity contribution in [3.05, 3.63) is 65.2 Å². The maximum absolute atomic E-state index is 11.2. The Balaban J connectivity index is 1.78. The standard InChI is InChI=1S/C18H19NO2/c1-2-17(18(20)21)13-7-9-16(10-8-13)19-11-14-5-3-4-6-15(14)12-19/h3-10,17H,2,11-12H2,1H3,(H,20,21). The second-order valence-electron chi connectivity index (χ2n) is 5.52. The molecule has 2 aromatic carbocycles. The molecule has 0 aliphatic carbocycles. The molecule has 21 heavy (non-hydrogen) atoms. The Labute approximate surface area is 124 Å². The molecule has 1 unspecified atom stereocenters. The van der Waals surface area contributed by atoms with Crippen LogP contribution in [0, 0.1) is 0 Å². The molecule has 1 aliphatic heterocycles. The molecule has 0 radical (unpaired) electrons. The third kappa shape index (κ3) is 2.64. The average molecular weight is 281 g/mol. The van der Waals surface area contributed by atoms with Crippen LogP contribution in [0.5, 0.6) is 0 Å². The largest absolute Gasteiger partial charge is 0.481 e. The van der Waals surface area contributed by atoms with E-state index in [1.165, 1.54) is 11.1 Å². The minimum Gasteiger partial charge on any atom is -0.481 e. The summed E-state index contributed by atoms with van der Waals surface area (Å²) in [6, 6.07) is 16.4. The lowest BCUT2D eigenvalue weighted by Gasteiger charge is -2.19. The van der Waals surface area contributed by atoms with Crippen LogP contribution in [0.1, 0.15) is 36.0 Å². The summed E-state index contributed by atoms with van der Waals surface area (Å²) < 4.78 is 0. The maximum atomic E-state index is 11.2. The molecular weight excluding hydrogens is 262 g/mol. The smallest absolute Gasteiger partial charge is 0.310 e. The van der Waals surface area contributed by atoms with E-state index < -0.39 is 11.9 Å². The van der Waals surface area contributed by atoms with E-state index in [0.717, 1.165) is 24.3 Å². The minimum atomic E-state index is -0.751. The van der Waals surface area contributed by atoms with E-state index in [-0.39, 0.29) is 0 Å². The fourth-order valence-corrected chi connectivity index (χ4v) is 2.99. The third-order valence-electron chi connectivity index (χ3n) is 4.21. The topological polar surface area (TPSA) is 40.5 Å². The SMILES string of the molecule is CCC(C(=O)O)c1ccc(N2Cc3ccccc3C2)cc1. The van der Waals surface area contributed by atoms with Crippen LogP contribution in [-0.2, 0) is 17.9 Å². The molecule has 108 valence electrons. The third-order valence-corrected chi connectivity index (χ3v) is 4.21. The van der Waals surface area contributed by atoms with Crippen molar-refractivity contribution in [3.8, 4) is 0 Å². The molecule has 1 N–H and O–H groups in total. The molecule has 1 atom stereocenters. The van der Waals surface area contributed by atoms with Crippen molar-refractivity contribution in [2.45, 2.75) is 32.4 Å². The molecule has 0 aromatic heterocycles. The lowest BCUT2D eigenvalue weighted by atomic mass is 9.96. The Morgan fingerprint density at radius 2 is 1.67 bits per heavy atom. The zero-order valence-corrected chi connectivity index (χ0v) is 12.1. The number of hydrogen-bond donors (Lipinski definition) is 1. The van der Waals surface area contributed by atoms with Gasteiger partial charge in [0.2, 0.25) is 0 Å². The van der Waals surface area contributed by atoms with Crippen LogP contribution in [-0.4, -0.2) is 11.1 Å². The van der Waals surface area contributed by atoms with Gasteiger partial charge >= 0.3 is 5.97 Å². The summed E-state index contributed by atoms with van der Waals surface area (Å²) in [5.41, 5.74) is 4.78. The predicted octanol–water partition coefficient (Wildman–Crippen LogP) is 3.79. The fourth-order valence-electron chi connectivity index (χ4n) is 2.99. The Morgan fingerprint density at radius 1 is 1.10 bits per heavy atom. The van der Waals surface area contributed by atoms with Crippen LogP contribution in [0.15, 0.2) is 48.5 Å². The van der Waals surface area contributed by atoms with Gasteiger partial charge in [0, 0.05) is 18.8 Å². The summed E-state index contributed by atoms with van der Waals surface area (Å²) in [6.45, 7) is 3.75. The van der Waals surface area contributed by atoms with Gasteiger partial charge in [0.1, 0.15) is 0 Å². The molecule has 0 spiro atoms. The van der Waals surface area contributed by atoms with Gasteiger partial charge in [-0.15, -0.1) is 0 Å². The van der Waals surface area contributed by atoms with Gasteiger partial charge in [-0.25, -0.2) is 0 Å². The molecular formula is C18H19NO2. The first-order chi connectivity index (χ1) is 10.2. The first kappa shape index (κ1) is 13.7. The number of hydrogen-bond acceptors (Lipinski definition) is 2. The number of aliphatic carboxylic acids is 1. The number of nitrogens with zero attached hydrogens (tertiary/aromatic N) is 1. The van der Waals surface area contributed by atoms with E-state index in [2.05, 4.69) is 29.2 Å². The van der Waals surface area contributed by atoms with Gasteiger partial charge in [0.25, 0.3) is 0 Å². The van der Waals surface area contributed by atoms with Crippen LogP contribution in [0.4, 0.5) is 5.69 Å². The number of fused-ring (bicyclic) bond motifs is 1. The van der Waals surface area contributed by atoms with E-state index in [1.807, 2.05) is 31.2 Å². The molecule has 0 amide bonds. The Bertz CT molecular complexity index is 624. The van der Waals surface area contributed by atoms with Crippen molar-refractivity contribution >= 4 is 11.7 Å². The molecule has 3 heteroatoms. The van der Waals surface area contributed by atoms with Crippen LogP contribution >= 0.6 is 0 Å². The highest BCUT2D eigenvalue weighted by atomic mass is 16.4. The van der Waals surface area contributed by atoms with Gasteiger partial charge in [0.15, 0.2) is 0 Å². The molecule has 1 aliphatic rings. The van der Waals surface area contributed by atoms with Crippen molar-refractivity contribution in [3.63, 3.8) is 0 Å². The Kier molecular flexibility index (Phi) is 3.65. The highest BCUT2D eigenvalue weighted by molar-refractivity contribution is 5.76. The summed E-state index contributed by atoms with van der Waals surface area (Å²) in [7, 11) is 0. The summed E-state index contributed by atoms with van der Waals surface area (Å²) in [5.74, 6) is -1.16. The molecule has 0 bridgehead atoms. The number of carbonyl (C=O) groups is 1. The minimum absolute atomic E-state index is 0.408. The van der Waals surface area contributed by atoms with Gasteiger partial charge in [-0.2, -0.15) is 0 Å². The first-order valence-corrected chi connectivity index (χ1v) is 7.33. The molecule has 0 saturated heterocycles. The summed E-state index contributed by atoms with van der Waals surface area (Å²) in [4.78, 5) is 13.5. The number of rotatable bonds is 4. The van der Waals surface area contributed by atoms with Crippen LogP contribution in [0.3, 0.4) is 0 Å². The van der Waals surface area contributed by atoms with Gasteiger partial charge < -0.3 is 10.0 Å². The van der Waals surface area contributed by atoms with E-state index in [4.69, 9.17) is 0 Å². The summed E-state index contributed by atoms with van der Waals surface area (Å²) in [6.07, 6.45) is 0.615. The van der Waals surface area contributed by atoms with Crippen LogP contribution < -0.4 is 4.90 Å². The lowest BCUT2D eigenvalue weighted by Crippen LogP contribution is -2.15. The molecule has 0 saturated carbocycles. The van der Waals surface area contributed by atoms with E-state index in [9.17, 15) is 9.90 Å². The van der Waals surface area contributed by atoms with Gasteiger partial charge in [-0.3, -0.25) is 4.79 Å². The maximum Gasteiger partial charge on any atom is 0.310 e. The number of carboxylic acids is 1. The lowest BCUT2D eigenvalue weighted by molar-refractivity contribution is -0.138. The van der Waals surface area contributed by atoms with Crippen molar-refractivity contribution in [2.75, 3.05) is 4.90 Å². The monoisotopic (exact) mass is 281 g/mol. The highest BCUT2D eigenvalue weighted by Gasteiger charge is 2.20. The number of benzene rings is 2. The van der Waals surface area contributed by atoms with Crippen LogP contribution in [0.25, 0.3) is 0 Å². The first-order valence-electron chi connectivity index (χ1n) is 7.33. The van der Waals surface area contributed by atoms with Crippen LogP contribution in [0.2, 0.25) is 0 Å². The number of carboxylic acid groups (broad SMARTS) is 1. The normalized spacial score (nSPS) is 14.8. The van der Waals surface area contributed by atoms with E-state index >= 15 is 0 Å². The van der Waals surface area contributed by atoms with Gasteiger partial charge in [-0.1, -0.05) is 43.3 Å². The molecule has 3 nitrogen and oxygen atoms in total. The summed E-state index contributed by atoms with van der Waals surface area (Å²) >= 11 is 0. The zero-order valence-electron chi connectivity index (χ0n) is 12.1. The molecule has 2 aromatic rings. The van der Waals surface area contributed by atoms with Gasteiger partial charge in [-0.05, 0) is 35.2 Å². The quantitative estimate of drug-likeness (QED) is 0.927. The Hall–Kier alpha value is -2.29. The predicted molar refractivity (Wildman–Crippen MR) is 83.4 cm³/mol. The second kappa shape index (κ2) is 5.60. The Morgan fingerprint density at radius 3 is 2.14 bits per heavy atom. The fraction of sp³-hybridized carbons (Fsp3) is 0.278. The molecule has 0 fully saturated rings. The van der Waals surface area contributed by atoms with Crippen molar-refractivity contribution < 1.29 is 9.90 Å². The van der Waals surface area contributed by atoms with Crippen molar-refractivity contribution in [1.82, 2.24) is 0 Å².